The number of nitrogens with one attached hydrogen (secondary N) is 1. The van der Waals surface area contributed by atoms with Gasteiger partial charge in [0.2, 0.25) is 0 Å². The van der Waals surface area contributed by atoms with E-state index < -0.39 is 0 Å². The summed E-state index contributed by atoms with van der Waals surface area (Å²) in [6.45, 7) is 6.82. The van der Waals surface area contributed by atoms with Crippen LogP contribution in [0.15, 0.2) is 24.3 Å². The van der Waals surface area contributed by atoms with E-state index in [0.717, 1.165) is 24.2 Å². The fourth-order valence-electron chi connectivity index (χ4n) is 3.34. The summed E-state index contributed by atoms with van der Waals surface area (Å²) in [5, 5.41) is 0. The number of hydrazine groups is 1. The van der Waals surface area contributed by atoms with Gasteiger partial charge in [0, 0.05) is 6.61 Å². The van der Waals surface area contributed by atoms with Gasteiger partial charge in [-0.1, -0.05) is 25.0 Å². The van der Waals surface area contributed by atoms with Gasteiger partial charge in [0.1, 0.15) is 5.75 Å². The highest BCUT2D eigenvalue weighted by Gasteiger charge is 2.42. The molecule has 0 bridgehead atoms. The van der Waals surface area contributed by atoms with Crippen molar-refractivity contribution in [3.8, 4) is 5.75 Å². The highest BCUT2D eigenvalue weighted by molar-refractivity contribution is 5.31. The summed E-state index contributed by atoms with van der Waals surface area (Å²) in [7, 11) is 0. The molecule has 1 atom stereocenters. The van der Waals surface area contributed by atoms with Crippen LogP contribution in [0, 0.1) is 0 Å². The Morgan fingerprint density at radius 1 is 1.19 bits per heavy atom. The Labute approximate surface area is 128 Å². The molecule has 21 heavy (non-hydrogen) atoms. The lowest BCUT2D eigenvalue weighted by atomic mass is 9.87. The Morgan fingerprint density at radius 2 is 1.81 bits per heavy atom. The van der Waals surface area contributed by atoms with Gasteiger partial charge in [-0.3, -0.25) is 11.3 Å². The largest absolute Gasteiger partial charge is 0.491 e. The van der Waals surface area contributed by atoms with Gasteiger partial charge in [-0.25, -0.2) is 0 Å². The van der Waals surface area contributed by atoms with Crippen LogP contribution in [0.3, 0.4) is 0 Å². The van der Waals surface area contributed by atoms with E-state index in [-0.39, 0.29) is 17.7 Å². The first-order valence-corrected chi connectivity index (χ1v) is 7.98. The normalized spacial score (nSPS) is 18.9. The van der Waals surface area contributed by atoms with Crippen molar-refractivity contribution in [1.82, 2.24) is 5.43 Å². The van der Waals surface area contributed by atoms with E-state index in [2.05, 4.69) is 17.6 Å². The van der Waals surface area contributed by atoms with E-state index >= 15 is 0 Å². The number of ether oxygens (including phenoxy) is 2. The Bertz CT molecular complexity index is 425. The van der Waals surface area contributed by atoms with Crippen molar-refractivity contribution in [2.75, 3.05) is 6.61 Å². The summed E-state index contributed by atoms with van der Waals surface area (Å²) in [5.41, 5.74) is 3.96. The van der Waals surface area contributed by atoms with Crippen molar-refractivity contribution < 1.29 is 9.47 Å². The first-order chi connectivity index (χ1) is 10.1. The molecule has 0 aromatic heterocycles. The van der Waals surface area contributed by atoms with E-state index in [1.807, 2.05) is 32.9 Å². The average Bonchev–Trinajstić information content (AvgIpc) is 2.91. The third-order valence-electron chi connectivity index (χ3n) is 4.16. The summed E-state index contributed by atoms with van der Waals surface area (Å²) in [4.78, 5) is 0. The highest BCUT2D eigenvalue weighted by Crippen LogP contribution is 2.42. The van der Waals surface area contributed by atoms with Gasteiger partial charge in [-0.05, 0) is 51.3 Å². The predicted molar refractivity (Wildman–Crippen MR) is 85.1 cm³/mol. The summed E-state index contributed by atoms with van der Waals surface area (Å²) in [5.74, 6) is 6.75. The van der Waals surface area contributed by atoms with Crippen molar-refractivity contribution in [3.05, 3.63) is 29.8 Å². The fraction of sp³-hybridized carbons (Fsp3) is 0.647. The first kappa shape index (κ1) is 16.3. The van der Waals surface area contributed by atoms with E-state index in [1.54, 1.807) is 0 Å². The topological polar surface area (TPSA) is 56.5 Å². The van der Waals surface area contributed by atoms with Crippen LogP contribution in [0.1, 0.15) is 58.1 Å². The lowest BCUT2D eigenvalue weighted by molar-refractivity contribution is -0.0627. The number of rotatable bonds is 7. The zero-order valence-corrected chi connectivity index (χ0v) is 13.4. The molecule has 2 rings (SSSR count). The molecule has 0 aliphatic heterocycles. The zero-order chi connectivity index (χ0) is 15.3. The minimum absolute atomic E-state index is 0.0213. The van der Waals surface area contributed by atoms with Crippen LogP contribution in [-0.2, 0) is 4.74 Å². The monoisotopic (exact) mass is 292 g/mol. The molecule has 1 saturated carbocycles. The number of hydrogen-bond acceptors (Lipinski definition) is 4. The molecule has 0 amide bonds. The molecule has 1 fully saturated rings. The maximum Gasteiger partial charge on any atom is 0.119 e. The van der Waals surface area contributed by atoms with Crippen molar-refractivity contribution in [1.29, 1.82) is 0 Å². The highest BCUT2D eigenvalue weighted by atomic mass is 16.5. The van der Waals surface area contributed by atoms with E-state index in [9.17, 15) is 0 Å². The van der Waals surface area contributed by atoms with Gasteiger partial charge >= 0.3 is 0 Å². The maximum absolute atomic E-state index is 6.12. The summed E-state index contributed by atoms with van der Waals surface area (Å²) in [6, 6.07) is 8.21. The molecule has 0 saturated heterocycles. The van der Waals surface area contributed by atoms with Crippen LogP contribution in [0.4, 0.5) is 0 Å². The lowest BCUT2D eigenvalue weighted by Gasteiger charge is -2.37. The second-order valence-electron chi connectivity index (χ2n) is 6.04. The smallest absolute Gasteiger partial charge is 0.119 e. The molecule has 1 aromatic rings. The Balaban J connectivity index is 2.19. The van der Waals surface area contributed by atoms with Crippen molar-refractivity contribution in [3.63, 3.8) is 0 Å². The van der Waals surface area contributed by atoms with Gasteiger partial charge in [0.25, 0.3) is 0 Å². The third-order valence-corrected chi connectivity index (χ3v) is 4.16. The summed E-state index contributed by atoms with van der Waals surface area (Å²) < 4.78 is 11.8. The summed E-state index contributed by atoms with van der Waals surface area (Å²) in [6.07, 6.45) is 4.70. The van der Waals surface area contributed by atoms with Crippen molar-refractivity contribution in [2.45, 2.75) is 64.2 Å². The molecule has 118 valence electrons. The number of benzene rings is 1. The molecule has 1 aliphatic rings. The number of hydrogen-bond donors (Lipinski definition) is 2. The minimum Gasteiger partial charge on any atom is -0.491 e. The van der Waals surface area contributed by atoms with Crippen LogP contribution in [0.5, 0.6) is 5.75 Å². The lowest BCUT2D eigenvalue weighted by Crippen LogP contribution is -2.46. The van der Waals surface area contributed by atoms with Crippen molar-refractivity contribution in [2.24, 2.45) is 5.84 Å². The van der Waals surface area contributed by atoms with Gasteiger partial charge in [0.15, 0.2) is 0 Å². The molecule has 0 spiro atoms. The first-order valence-electron chi connectivity index (χ1n) is 7.98. The van der Waals surface area contributed by atoms with Gasteiger partial charge < -0.3 is 9.47 Å². The molecule has 4 heteroatoms. The molecule has 0 heterocycles. The molecule has 1 aromatic carbocycles. The minimum atomic E-state index is -0.177. The molecule has 3 N–H and O–H groups in total. The van der Waals surface area contributed by atoms with E-state index in [1.165, 1.54) is 12.8 Å². The molecule has 4 nitrogen and oxygen atoms in total. The molecule has 0 radical (unpaired) electrons. The molecule has 1 unspecified atom stereocenters. The second kappa shape index (κ2) is 7.25. The maximum atomic E-state index is 6.12. The third kappa shape index (κ3) is 3.76. The Kier molecular flexibility index (Phi) is 5.62. The zero-order valence-electron chi connectivity index (χ0n) is 13.4. The fourth-order valence-corrected chi connectivity index (χ4v) is 3.34. The van der Waals surface area contributed by atoms with E-state index in [4.69, 9.17) is 15.3 Å². The summed E-state index contributed by atoms with van der Waals surface area (Å²) >= 11 is 0. The van der Waals surface area contributed by atoms with Gasteiger partial charge in [-0.15, -0.1) is 0 Å². The predicted octanol–water partition coefficient (Wildman–Crippen LogP) is 3.33. The molecular formula is C17H28N2O2. The Hall–Kier alpha value is -1.10. The molecular weight excluding hydrogens is 264 g/mol. The van der Waals surface area contributed by atoms with Crippen LogP contribution >= 0.6 is 0 Å². The standard InChI is InChI=1S/C17H28N2O2/c1-4-20-17(11-5-6-12-17)16(19-18)14-7-9-15(10-8-14)21-13(2)3/h7-10,13,16,19H,4-6,11-12,18H2,1-3H3. The van der Waals surface area contributed by atoms with Crippen LogP contribution in [0.25, 0.3) is 0 Å². The van der Waals surface area contributed by atoms with Gasteiger partial charge in [0.05, 0.1) is 17.7 Å². The quantitative estimate of drug-likeness (QED) is 0.598. The van der Waals surface area contributed by atoms with Crippen LogP contribution in [0.2, 0.25) is 0 Å². The van der Waals surface area contributed by atoms with Crippen LogP contribution in [-0.4, -0.2) is 18.3 Å². The Morgan fingerprint density at radius 3 is 2.29 bits per heavy atom. The van der Waals surface area contributed by atoms with Gasteiger partial charge in [-0.2, -0.15) is 0 Å². The van der Waals surface area contributed by atoms with Crippen LogP contribution < -0.4 is 16.0 Å². The second-order valence-corrected chi connectivity index (χ2v) is 6.04. The van der Waals surface area contributed by atoms with E-state index in [0.29, 0.717) is 6.61 Å². The number of nitrogens with two attached hydrogens (primary N) is 1. The SMILES string of the molecule is CCOC1(C(NN)c2ccc(OC(C)C)cc2)CCCC1. The molecule has 1 aliphatic carbocycles. The van der Waals surface area contributed by atoms with Crippen molar-refractivity contribution >= 4 is 0 Å². The average molecular weight is 292 g/mol.